The third kappa shape index (κ3) is 5.00. The van der Waals surface area contributed by atoms with Gasteiger partial charge in [0.15, 0.2) is 0 Å². The molecule has 0 aliphatic carbocycles. The lowest BCUT2D eigenvalue weighted by Crippen LogP contribution is -2.08. The number of carboxylic acids is 1. The van der Waals surface area contributed by atoms with Crippen LogP contribution in [0.25, 0.3) is 0 Å². The average Bonchev–Trinajstić information content (AvgIpc) is 3.03. The van der Waals surface area contributed by atoms with E-state index < -0.39 is 5.97 Å². The molecule has 0 spiro atoms. The van der Waals surface area contributed by atoms with Gasteiger partial charge < -0.3 is 9.84 Å². The fourth-order valence-electron chi connectivity index (χ4n) is 2.47. The molecule has 6 heteroatoms. The molecular formula is C20H17NO4S. The summed E-state index contributed by atoms with van der Waals surface area (Å²) in [5, 5.41) is 11.1. The summed E-state index contributed by atoms with van der Waals surface area (Å²) in [6, 6.07) is 16.9. The number of benzene rings is 2. The summed E-state index contributed by atoms with van der Waals surface area (Å²) in [4.78, 5) is 27.3. The molecule has 0 saturated heterocycles. The van der Waals surface area contributed by atoms with Crippen LogP contribution in [-0.4, -0.2) is 21.8 Å². The van der Waals surface area contributed by atoms with Gasteiger partial charge in [0, 0.05) is 17.4 Å². The van der Waals surface area contributed by atoms with Crippen molar-refractivity contribution in [3.05, 3.63) is 76.2 Å². The molecule has 3 aromatic rings. The quantitative estimate of drug-likeness (QED) is 0.653. The van der Waals surface area contributed by atoms with Gasteiger partial charge in [0.25, 0.3) is 0 Å². The number of carbonyl (C=O) groups excluding carboxylic acids is 1. The zero-order valence-corrected chi connectivity index (χ0v) is 14.7. The number of ketones is 1. The number of nitrogens with zero attached hydrogens (tertiary/aromatic N) is 1. The number of thiazole rings is 1. The number of aliphatic carboxylic acids is 1. The minimum absolute atomic E-state index is 0.00494. The first-order valence-electron chi connectivity index (χ1n) is 8.08. The van der Waals surface area contributed by atoms with Crippen molar-refractivity contribution in [3.8, 4) is 11.5 Å². The van der Waals surface area contributed by atoms with Crippen LogP contribution in [0.4, 0.5) is 0 Å². The van der Waals surface area contributed by atoms with Crippen molar-refractivity contribution in [1.29, 1.82) is 0 Å². The molecule has 26 heavy (non-hydrogen) atoms. The van der Waals surface area contributed by atoms with Gasteiger partial charge in [-0.25, -0.2) is 4.98 Å². The summed E-state index contributed by atoms with van der Waals surface area (Å²) in [6.07, 6.45) is 0.291. The molecule has 0 radical (unpaired) electrons. The third-order valence-electron chi connectivity index (χ3n) is 3.61. The highest BCUT2D eigenvalue weighted by Crippen LogP contribution is 2.26. The van der Waals surface area contributed by atoms with E-state index in [4.69, 9.17) is 9.84 Å². The van der Waals surface area contributed by atoms with Crippen LogP contribution in [0, 0.1) is 0 Å². The molecule has 3 rings (SSSR count). The van der Waals surface area contributed by atoms with Crippen molar-refractivity contribution in [2.24, 2.45) is 0 Å². The highest BCUT2D eigenvalue weighted by molar-refractivity contribution is 7.09. The molecular weight excluding hydrogens is 350 g/mol. The Kier molecular flexibility index (Phi) is 5.76. The second-order valence-electron chi connectivity index (χ2n) is 5.72. The summed E-state index contributed by atoms with van der Waals surface area (Å²) >= 11 is 1.31. The van der Waals surface area contributed by atoms with Crippen LogP contribution < -0.4 is 4.74 Å². The molecule has 0 atom stereocenters. The lowest BCUT2D eigenvalue weighted by atomic mass is 10.1. The van der Waals surface area contributed by atoms with Crippen LogP contribution in [0.3, 0.4) is 0 Å². The molecule has 5 nitrogen and oxygen atoms in total. The minimum atomic E-state index is -0.930. The number of rotatable bonds is 8. The summed E-state index contributed by atoms with van der Waals surface area (Å²) in [6.45, 7) is 0. The Morgan fingerprint density at radius 3 is 2.46 bits per heavy atom. The van der Waals surface area contributed by atoms with Crippen LogP contribution in [0.1, 0.15) is 16.3 Å². The summed E-state index contributed by atoms with van der Waals surface area (Å²) in [7, 11) is 0. The Bertz CT molecular complexity index is 905. The zero-order valence-electron chi connectivity index (χ0n) is 13.9. The van der Waals surface area contributed by atoms with Crippen LogP contribution in [0.5, 0.6) is 11.5 Å². The predicted molar refractivity (Wildman–Crippen MR) is 98.8 cm³/mol. The van der Waals surface area contributed by atoms with Crippen molar-refractivity contribution in [3.63, 3.8) is 0 Å². The van der Waals surface area contributed by atoms with Gasteiger partial charge in [-0.3, -0.25) is 9.59 Å². The number of Topliss-reactive ketones (excluding diaryl/α,β-unsaturated/α-hetero) is 1. The Balaban J connectivity index is 1.66. The largest absolute Gasteiger partial charge is 0.481 e. The second-order valence-corrected chi connectivity index (χ2v) is 6.66. The SMILES string of the molecule is O=C(O)Cc1csc(CC(=O)Cc2ccccc2Oc2ccccc2)n1. The molecule has 0 aliphatic rings. The molecule has 2 aromatic carbocycles. The van der Waals surface area contributed by atoms with E-state index in [0.717, 1.165) is 5.56 Å². The Morgan fingerprint density at radius 2 is 1.69 bits per heavy atom. The summed E-state index contributed by atoms with van der Waals surface area (Å²) in [5.41, 5.74) is 1.29. The molecule has 0 aliphatic heterocycles. The number of aromatic nitrogens is 1. The smallest absolute Gasteiger partial charge is 0.309 e. The number of hydrogen-bond acceptors (Lipinski definition) is 5. The second kappa shape index (κ2) is 8.40. The summed E-state index contributed by atoms with van der Waals surface area (Å²) in [5.74, 6) is 0.439. The Labute approximate surface area is 154 Å². The molecule has 0 unspecified atom stereocenters. The lowest BCUT2D eigenvalue weighted by Gasteiger charge is -2.10. The number of carbonyl (C=O) groups is 2. The first-order chi connectivity index (χ1) is 12.6. The molecule has 1 heterocycles. The average molecular weight is 367 g/mol. The molecule has 132 valence electrons. The maximum atomic E-state index is 12.4. The molecule has 0 amide bonds. The monoisotopic (exact) mass is 367 g/mol. The lowest BCUT2D eigenvalue weighted by molar-refractivity contribution is -0.136. The first-order valence-corrected chi connectivity index (χ1v) is 8.95. The minimum Gasteiger partial charge on any atom is -0.481 e. The van der Waals surface area contributed by atoms with Crippen molar-refractivity contribution in [1.82, 2.24) is 4.98 Å². The molecule has 1 aromatic heterocycles. The van der Waals surface area contributed by atoms with Crippen LogP contribution in [-0.2, 0) is 28.9 Å². The van der Waals surface area contributed by atoms with E-state index in [9.17, 15) is 9.59 Å². The molecule has 0 saturated carbocycles. The number of ether oxygens (including phenoxy) is 1. The molecule has 0 fully saturated rings. The van der Waals surface area contributed by atoms with Crippen LogP contribution >= 0.6 is 11.3 Å². The highest BCUT2D eigenvalue weighted by atomic mass is 32.1. The van der Waals surface area contributed by atoms with Gasteiger partial charge in [-0.1, -0.05) is 36.4 Å². The fourth-order valence-corrected chi connectivity index (χ4v) is 3.30. The highest BCUT2D eigenvalue weighted by Gasteiger charge is 2.13. The van der Waals surface area contributed by atoms with E-state index in [1.165, 1.54) is 11.3 Å². The zero-order chi connectivity index (χ0) is 18.4. The van der Waals surface area contributed by atoms with Crippen LogP contribution in [0.15, 0.2) is 60.0 Å². The van der Waals surface area contributed by atoms with Gasteiger partial charge in [-0.15, -0.1) is 11.3 Å². The van der Waals surface area contributed by atoms with Gasteiger partial charge in [0.1, 0.15) is 22.3 Å². The first kappa shape index (κ1) is 17.8. The normalized spacial score (nSPS) is 10.5. The number of hydrogen-bond donors (Lipinski definition) is 1. The van der Waals surface area contributed by atoms with E-state index in [2.05, 4.69) is 4.98 Å². The van der Waals surface area contributed by atoms with Gasteiger partial charge in [0.05, 0.1) is 18.5 Å². The van der Waals surface area contributed by atoms with Gasteiger partial charge in [-0.05, 0) is 18.2 Å². The van der Waals surface area contributed by atoms with Gasteiger partial charge >= 0.3 is 5.97 Å². The molecule has 1 N–H and O–H groups in total. The van der Waals surface area contributed by atoms with Crippen LogP contribution in [0.2, 0.25) is 0 Å². The molecule has 0 bridgehead atoms. The fraction of sp³-hybridized carbons (Fsp3) is 0.150. The van der Waals surface area contributed by atoms with Crippen molar-refractivity contribution in [2.75, 3.05) is 0 Å². The third-order valence-corrected chi connectivity index (χ3v) is 4.51. The van der Waals surface area contributed by atoms with E-state index >= 15 is 0 Å². The Hall–Kier alpha value is -2.99. The number of carboxylic acid groups (broad SMARTS) is 1. The van der Waals surface area contributed by atoms with Crippen molar-refractivity contribution < 1.29 is 19.4 Å². The Morgan fingerprint density at radius 1 is 0.962 bits per heavy atom. The summed E-state index contributed by atoms with van der Waals surface area (Å²) < 4.78 is 5.88. The van der Waals surface area contributed by atoms with Gasteiger partial charge in [0.2, 0.25) is 0 Å². The van der Waals surface area contributed by atoms with E-state index in [1.54, 1.807) is 5.38 Å². The topological polar surface area (TPSA) is 76.5 Å². The van der Waals surface area contributed by atoms with Crippen molar-refractivity contribution in [2.45, 2.75) is 19.3 Å². The van der Waals surface area contributed by atoms with E-state index in [1.807, 2.05) is 54.6 Å². The predicted octanol–water partition coefficient (Wildman–Crippen LogP) is 3.92. The van der Waals surface area contributed by atoms with E-state index in [-0.39, 0.29) is 25.0 Å². The maximum absolute atomic E-state index is 12.4. The number of para-hydroxylation sites is 2. The van der Waals surface area contributed by atoms with Crippen molar-refractivity contribution >= 4 is 23.1 Å². The standard InChI is InChI=1S/C20H17NO4S/c22-16(12-19-21-15(13-26-19)11-20(23)24)10-14-6-4-5-9-18(14)25-17-7-2-1-3-8-17/h1-9,13H,10-12H2,(H,23,24). The van der Waals surface area contributed by atoms with Gasteiger partial charge in [-0.2, -0.15) is 0 Å². The maximum Gasteiger partial charge on any atom is 0.309 e. The van der Waals surface area contributed by atoms with E-state index in [0.29, 0.717) is 22.2 Å².